The zero-order chi connectivity index (χ0) is 11.5. The Kier molecular flexibility index (Phi) is 3.21. The minimum Gasteiger partial charge on any atom is -0.452 e. The Morgan fingerprint density at radius 3 is 2.94 bits per heavy atom. The number of furan rings is 1. The molecule has 4 heteroatoms. The highest BCUT2D eigenvalue weighted by Crippen LogP contribution is 2.30. The fourth-order valence-electron chi connectivity index (χ4n) is 1.56. The zero-order valence-corrected chi connectivity index (χ0v) is 9.54. The molecule has 2 rings (SSSR count). The fraction of sp³-hybridized carbons (Fsp3) is 0.417. The van der Waals surface area contributed by atoms with Crippen molar-refractivity contribution >= 4 is 17.5 Å². The SMILES string of the molecule is C#CCN(CC1CC1)C(=O)c1ccoc1Cl. The van der Waals surface area contributed by atoms with Crippen LogP contribution in [0.3, 0.4) is 0 Å². The first-order valence-corrected chi connectivity index (χ1v) is 5.56. The van der Waals surface area contributed by atoms with E-state index in [9.17, 15) is 4.79 Å². The summed E-state index contributed by atoms with van der Waals surface area (Å²) in [5.41, 5.74) is 0.387. The molecule has 1 aliphatic carbocycles. The van der Waals surface area contributed by atoms with Gasteiger partial charge in [0.25, 0.3) is 5.91 Å². The molecule has 0 unspecified atom stereocenters. The van der Waals surface area contributed by atoms with Gasteiger partial charge in [0.2, 0.25) is 5.22 Å². The van der Waals surface area contributed by atoms with Crippen LogP contribution in [-0.4, -0.2) is 23.9 Å². The topological polar surface area (TPSA) is 33.5 Å². The van der Waals surface area contributed by atoms with Gasteiger partial charge >= 0.3 is 0 Å². The summed E-state index contributed by atoms with van der Waals surface area (Å²) >= 11 is 5.77. The molecule has 1 heterocycles. The molecule has 0 radical (unpaired) electrons. The average Bonchev–Trinajstić information content (AvgIpc) is 2.98. The van der Waals surface area contributed by atoms with E-state index in [0.29, 0.717) is 24.6 Å². The van der Waals surface area contributed by atoms with E-state index in [0.717, 1.165) is 0 Å². The lowest BCUT2D eigenvalue weighted by molar-refractivity contribution is 0.0769. The summed E-state index contributed by atoms with van der Waals surface area (Å²) in [6.45, 7) is 1.03. The van der Waals surface area contributed by atoms with E-state index in [2.05, 4.69) is 5.92 Å². The van der Waals surface area contributed by atoms with Crippen molar-refractivity contribution in [2.24, 2.45) is 5.92 Å². The smallest absolute Gasteiger partial charge is 0.259 e. The minimum atomic E-state index is -0.149. The van der Waals surface area contributed by atoms with Gasteiger partial charge in [0.05, 0.1) is 18.4 Å². The Labute approximate surface area is 99.4 Å². The summed E-state index contributed by atoms with van der Waals surface area (Å²) in [7, 11) is 0. The molecule has 0 atom stereocenters. The van der Waals surface area contributed by atoms with Crippen molar-refractivity contribution in [3.63, 3.8) is 0 Å². The van der Waals surface area contributed by atoms with Crippen LogP contribution < -0.4 is 0 Å². The maximum atomic E-state index is 12.1. The highest BCUT2D eigenvalue weighted by atomic mass is 35.5. The van der Waals surface area contributed by atoms with Crippen molar-refractivity contribution in [3.8, 4) is 12.3 Å². The van der Waals surface area contributed by atoms with E-state index in [1.54, 1.807) is 11.0 Å². The average molecular weight is 238 g/mol. The van der Waals surface area contributed by atoms with Gasteiger partial charge in [0.15, 0.2) is 0 Å². The van der Waals surface area contributed by atoms with Crippen molar-refractivity contribution < 1.29 is 9.21 Å². The van der Waals surface area contributed by atoms with E-state index in [4.69, 9.17) is 22.4 Å². The fourth-order valence-corrected chi connectivity index (χ4v) is 1.75. The van der Waals surface area contributed by atoms with Crippen molar-refractivity contribution in [3.05, 3.63) is 23.1 Å². The van der Waals surface area contributed by atoms with Crippen molar-refractivity contribution in [2.45, 2.75) is 12.8 Å². The first kappa shape index (κ1) is 11.1. The van der Waals surface area contributed by atoms with E-state index < -0.39 is 0 Å². The number of carbonyl (C=O) groups is 1. The maximum absolute atomic E-state index is 12.1. The van der Waals surface area contributed by atoms with Gasteiger partial charge in [-0.1, -0.05) is 5.92 Å². The van der Waals surface area contributed by atoms with Crippen LogP contribution in [-0.2, 0) is 0 Å². The minimum absolute atomic E-state index is 0.128. The standard InChI is InChI=1S/C12H12ClNO2/c1-2-6-14(8-9-3-4-9)12(15)10-5-7-16-11(10)13/h1,5,7,9H,3-4,6,8H2. The summed E-state index contributed by atoms with van der Waals surface area (Å²) in [4.78, 5) is 13.7. The normalized spacial score (nSPS) is 14.5. The van der Waals surface area contributed by atoms with Gasteiger partial charge in [-0.05, 0) is 36.4 Å². The third kappa shape index (κ3) is 2.40. The van der Waals surface area contributed by atoms with Gasteiger partial charge in [-0.25, -0.2) is 0 Å². The van der Waals surface area contributed by atoms with Crippen molar-refractivity contribution in [2.75, 3.05) is 13.1 Å². The van der Waals surface area contributed by atoms with Crippen molar-refractivity contribution in [1.29, 1.82) is 0 Å². The summed E-state index contributed by atoms with van der Waals surface area (Å²) in [6.07, 6.45) is 9.01. The van der Waals surface area contributed by atoms with E-state index in [-0.39, 0.29) is 11.1 Å². The Balaban J connectivity index is 2.10. The molecule has 0 aromatic carbocycles. The van der Waals surface area contributed by atoms with E-state index >= 15 is 0 Å². The molecular formula is C12H12ClNO2. The van der Waals surface area contributed by atoms with Crippen LogP contribution in [0, 0.1) is 18.3 Å². The zero-order valence-electron chi connectivity index (χ0n) is 8.78. The van der Waals surface area contributed by atoms with Crippen LogP contribution in [0.2, 0.25) is 5.22 Å². The molecule has 0 aliphatic heterocycles. The van der Waals surface area contributed by atoms with Gasteiger partial charge in [0.1, 0.15) is 0 Å². The molecule has 1 fully saturated rings. The second-order valence-corrected chi connectivity index (χ2v) is 4.28. The van der Waals surface area contributed by atoms with Crippen LogP contribution >= 0.6 is 11.6 Å². The Bertz CT molecular complexity index is 428. The number of nitrogens with zero attached hydrogens (tertiary/aromatic N) is 1. The molecule has 1 amide bonds. The van der Waals surface area contributed by atoms with Gasteiger partial charge in [0, 0.05) is 6.54 Å². The number of hydrogen-bond donors (Lipinski definition) is 0. The molecule has 0 N–H and O–H groups in total. The second kappa shape index (κ2) is 4.63. The largest absolute Gasteiger partial charge is 0.452 e. The molecule has 0 saturated heterocycles. The lowest BCUT2D eigenvalue weighted by atomic mass is 10.2. The summed E-state index contributed by atoms with van der Waals surface area (Å²) in [5.74, 6) is 2.95. The molecular weight excluding hydrogens is 226 g/mol. The van der Waals surface area contributed by atoms with Crippen LogP contribution in [0.5, 0.6) is 0 Å². The van der Waals surface area contributed by atoms with Crippen LogP contribution in [0.1, 0.15) is 23.2 Å². The summed E-state index contributed by atoms with van der Waals surface area (Å²) in [5, 5.41) is 0.128. The quantitative estimate of drug-likeness (QED) is 0.754. The molecule has 0 bridgehead atoms. The Hall–Kier alpha value is -1.40. The molecule has 1 aliphatic rings. The lowest BCUT2D eigenvalue weighted by Crippen LogP contribution is -2.33. The number of terminal acetylenes is 1. The number of amides is 1. The van der Waals surface area contributed by atoms with Gasteiger partial charge in [-0.2, -0.15) is 0 Å². The highest BCUT2D eigenvalue weighted by Gasteiger charge is 2.28. The molecule has 1 saturated carbocycles. The predicted molar refractivity (Wildman–Crippen MR) is 61.2 cm³/mol. The number of hydrogen-bond acceptors (Lipinski definition) is 2. The van der Waals surface area contributed by atoms with Crippen LogP contribution in [0.25, 0.3) is 0 Å². The molecule has 3 nitrogen and oxygen atoms in total. The Morgan fingerprint density at radius 2 is 2.44 bits per heavy atom. The maximum Gasteiger partial charge on any atom is 0.259 e. The predicted octanol–water partition coefficient (Wildman–Crippen LogP) is 2.42. The first-order chi connectivity index (χ1) is 7.72. The number of carbonyl (C=O) groups excluding carboxylic acids is 1. The van der Waals surface area contributed by atoms with Gasteiger partial charge < -0.3 is 9.32 Å². The third-order valence-corrected chi connectivity index (χ3v) is 2.89. The number of rotatable bonds is 4. The monoisotopic (exact) mass is 237 g/mol. The summed E-state index contributed by atoms with van der Waals surface area (Å²) in [6, 6.07) is 1.57. The second-order valence-electron chi connectivity index (χ2n) is 3.94. The van der Waals surface area contributed by atoms with E-state index in [1.807, 2.05) is 0 Å². The molecule has 1 aromatic rings. The molecule has 16 heavy (non-hydrogen) atoms. The van der Waals surface area contributed by atoms with Crippen molar-refractivity contribution in [1.82, 2.24) is 4.90 Å². The first-order valence-electron chi connectivity index (χ1n) is 5.18. The Morgan fingerprint density at radius 1 is 1.69 bits per heavy atom. The molecule has 0 spiro atoms. The lowest BCUT2D eigenvalue weighted by Gasteiger charge is -2.19. The summed E-state index contributed by atoms with van der Waals surface area (Å²) < 4.78 is 4.90. The van der Waals surface area contributed by atoms with Crippen LogP contribution in [0.15, 0.2) is 16.7 Å². The van der Waals surface area contributed by atoms with Crippen LogP contribution in [0.4, 0.5) is 0 Å². The molecule has 1 aromatic heterocycles. The highest BCUT2D eigenvalue weighted by molar-refractivity contribution is 6.32. The van der Waals surface area contributed by atoms with E-state index in [1.165, 1.54) is 19.1 Å². The van der Waals surface area contributed by atoms with Gasteiger partial charge in [-0.15, -0.1) is 6.42 Å². The third-order valence-electron chi connectivity index (χ3n) is 2.59. The molecule has 84 valence electrons. The number of halogens is 1. The van der Waals surface area contributed by atoms with Gasteiger partial charge in [-0.3, -0.25) is 4.79 Å².